The molecule has 1 aromatic rings. The Morgan fingerprint density at radius 2 is 1.85 bits per heavy atom. The second kappa shape index (κ2) is 6.49. The molecule has 0 fully saturated rings. The number of sulfone groups is 1. The van der Waals surface area contributed by atoms with Gasteiger partial charge in [0.1, 0.15) is 0 Å². The van der Waals surface area contributed by atoms with E-state index in [-0.39, 0.29) is 10.6 Å². The lowest BCUT2D eigenvalue weighted by Crippen LogP contribution is -2.37. The van der Waals surface area contributed by atoms with Crippen LogP contribution in [0, 0.1) is 0 Å². The number of carboxylic acids is 1. The molecule has 0 aromatic heterocycles. The van der Waals surface area contributed by atoms with Crippen molar-refractivity contribution >= 4 is 27.4 Å². The Kier molecular flexibility index (Phi) is 5.23. The van der Waals surface area contributed by atoms with Crippen LogP contribution in [0.2, 0.25) is 0 Å². The van der Waals surface area contributed by atoms with E-state index in [2.05, 4.69) is 5.32 Å². The van der Waals surface area contributed by atoms with Gasteiger partial charge in [-0.05, 0) is 24.3 Å². The van der Waals surface area contributed by atoms with E-state index in [0.717, 1.165) is 0 Å². The number of carboxylic acid groups (broad SMARTS) is 1. The highest BCUT2D eigenvalue weighted by Crippen LogP contribution is 2.15. The summed E-state index contributed by atoms with van der Waals surface area (Å²) in [7, 11) is -3.29. The van der Waals surface area contributed by atoms with Gasteiger partial charge in [-0.3, -0.25) is 9.59 Å². The van der Waals surface area contributed by atoms with Crippen molar-refractivity contribution in [3.8, 4) is 0 Å². The molecule has 4 N–H and O–H groups in total. The van der Waals surface area contributed by atoms with Crippen LogP contribution in [0.3, 0.4) is 0 Å². The van der Waals surface area contributed by atoms with Crippen LogP contribution in [-0.2, 0) is 19.4 Å². The summed E-state index contributed by atoms with van der Waals surface area (Å²) in [4.78, 5) is 22.2. The van der Waals surface area contributed by atoms with Crippen LogP contribution in [0.4, 0.5) is 5.69 Å². The number of aliphatic carboxylic acids is 1. The fourth-order valence-electron chi connectivity index (χ4n) is 1.43. The molecule has 0 aliphatic carbocycles. The third kappa shape index (κ3) is 4.32. The fraction of sp³-hybridized carbons (Fsp3) is 0.333. The molecule has 0 saturated carbocycles. The molecule has 8 heteroatoms. The zero-order valence-corrected chi connectivity index (χ0v) is 11.7. The van der Waals surface area contributed by atoms with E-state index in [1.165, 1.54) is 31.2 Å². The van der Waals surface area contributed by atoms with Crippen LogP contribution in [-0.4, -0.2) is 37.2 Å². The average Bonchev–Trinajstić information content (AvgIpc) is 2.38. The summed E-state index contributed by atoms with van der Waals surface area (Å²) in [6.45, 7) is 1.54. The van der Waals surface area contributed by atoms with E-state index in [0.29, 0.717) is 5.69 Å². The lowest BCUT2D eigenvalue weighted by molar-refractivity contribution is -0.138. The quantitative estimate of drug-likeness (QED) is 0.690. The molecule has 1 rings (SSSR count). The Labute approximate surface area is 116 Å². The molecule has 0 bridgehead atoms. The zero-order valence-electron chi connectivity index (χ0n) is 10.9. The van der Waals surface area contributed by atoms with E-state index in [9.17, 15) is 18.0 Å². The molecule has 0 radical (unpaired) electrons. The molecule has 0 heterocycles. The monoisotopic (exact) mass is 300 g/mol. The fourth-order valence-corrected chi connectivity index (χ4v) is 2.31. The highest BCUT2D eigenvalue weighted by molar-refractivity contribution is 7.91. The molecule has 1 amide bonds. The third-order valence-corrected chi connectivity index (χ3v) is 4.34. The maximum atomic E-state index is 11.6. The van der Waals surface area contributed by atoms with E-state index >= 15 is 0 Å². The summed E-state index contributed by atoms with van der Waals surface area (Å²) in [5, 5.41) is 10.9. The van der Waals surface area contributed by atoms with Gasteiger partial charge < -0.3 is 16.2 Å². The number of nitrogens with one attached hydrogen (secondary N) is 1. The number of hydrogen-bond acceptors (Lipinski definition) is 5. The van der Waals surface area contributed by atoms with Crippen LogP contribution < -0.4 is 11.1 Å². The topological polar surface area (TPSA) is 127 Å². The van der Waals surface area contributed by atoms with Crippen molar-refractivity contribution in [3.63, 3.8) is 0 Å². The molecule has 20 heavy (non-hydrogen) atoms. The molecule has 7 nitrogen and oxygen atoms in total. The van der Waals surface area contributed by atoms with Gasteiger partial charge in [-0.2, -0.15) is 0 Å². The van der Waals surface area contributed by atoms with E-state index in [1.54, 1.807) is 0 Å². The predicted octanol–water partition coefficient (Wildman–Crippen LogP) is 0.221. The smallest absolute Gasteiger partial charge is 0.305 e. The first kappa shape index (κ1) is 16.1. The average molecular weight is 300 g/mol. The van der Waals surface area contributed by atoms with Gasteiger partial charge in [-0.1, -0.05) is 6.92 Å². The van der Waals surface area contributed by atoms with Crippen molar-refractivity contribution < 1.29 is 23.1 Å². The number of anilines is 1. The normalized spacial score (nSPS) is 12.7. The molecule has 110 valence electrons. The van der Waals surface area contributed by atoms with Gasteiger partial charge in [-0.15, -0.1) is 0 Å². The van der Waals surface area contributed by atoms with E-state index in [1.807, 2.05) is 0 Å². The summed E-state index contributed by atoms with van der Waals surface area (Å²) >= 11 is 0. The molecular weight excluding hydrogens is 284 g/mol. The van der Waals surface area contributed by atoms with Crippen molar-refractivity contribution in [1.29, 1.82) is 0 Å². The van der Waals surface area contributed by atoms with Crippen molar-refractivity contribution in [1.82, 2.24) is 0 Å². The number of hydrogen-bond donors (Lipinski definition) is 3. The maximum Gasteiger partial charge on any atom is 0.305 e. The number of carbonyl (C=O) groups is 2. The lowest BCUT2D eigenvalue weighted by Gasteiger charge is -2.10. The van der Waals surface area contributed by atoms with Gasteiger partial charge in [0.25, 0.3) is 0 Å². The van der Waals surface area contributed by atoms with E-state index < -0.39 is 34.2 Å². The number of nitrogens with two attached hydrogens (primary N) is 1. The van der Waals surface area contributed by atoms with Crippen molar-refractivity contribution in [2.75, 3.05) is 11.1 Å². The Morgan fingerprint density at radius 1 is 1.30 bits per heavy atom. The van der Waals surface area contributed by atoms with E-state index in [4.69, 9.17) is 10.8 Å². The molecule has 0 aliphatic rings. The highest BCUT2D eigenvalue weighted by atomic mass is 32.2. The first-order chi connectivity index (χ1) is 9.26. The van der Waals surface area contributed by atoms with Gasteiger partial charge in [0.2, 0.25) is 5.91 Å². The lowest BCUT2D eigenvalue weighted by atomic mass is 10.2. The van der Waals surface area contributed by atoms with Crippen LogP contribution in [0.1, 0.15) is 13.3 Å². The van der Waals surface area contributed by atoms with Gasteiger partial charge in [0.15, 0.2) is 9.84 Å². The van der Waals surface area contributed by atoms with Crippen LogP contribution in [0.25, 0.3) is 0 Å². The van der Waals surface area contributed by atoms with Gasteiger partial charge in [0.05, 0.1) is 23.1 Å². The summed E-state index contributed by atoms with van der Waals surface area (Å²) in [5.74, 6) is -1.82. The first-order valence-corrected chi connectivity index (χ1v) is 7.52. The van der Waals surface area contributed by atoms with Crippen LogP contribution in [0.5, 0.6) is 0 Å². The number of carbonyl (C=O) groups excluding carboxylic acids is 1. The zero-order chi connectivity index (χ0) is 15.3. The molecule has 0 saturated heterocycles. The summed E-state index contributed by atoms with van der Waals surface area (Å²) in [6.07, 6.45) is -0.478. The minimum atomic E-state index is -3.29. The predicted molar refractivity (Wildman–Crippen MR) is 73.0 cm³/mol. The van der Waals surface area contributed by atoms with Crippen molar-refractivity contribution in [2.45, 2.75) is 24.3 Å². The second-order valence-electron chi connectivity index (χ2n) is 4.12. The minimum absolute atomic E-state index is 0.0117. The van der Waals surface area contributed by atoms with Crippen molar-refractivity contribution in [2.24, 2.45) is 5.73 Å². The molecule has 0 spiro atoms. The molecule has 1 unspecified atom stereocenters. The van der Waals surface area contributed by atoms with Gasteiger partial charge in [0, 0.05) is 5.69 Å². The minimum Gasteiger partial charge on any atom is -0.481 e. The summed E-state index contributed by atoms with van der Waals surface area (Å²) in [5.41, 5.74) is 5.75. The van der Waals surface area contributed by atoms with Crippen LogP contribution >= 0.6 is 0 Å². The summed E-state index contributed by atoms with van der Waals surface area (Å²) in [6, 6.07) is 4.43. The Bertz CT molecular complexity index is 595. The standard InChI is InChI=1S/C12H16N2O5S/c1-2-20(18,19)9-5-3-8(4-6-9)14-12(17)10(13)7-11(15)16/h3-6,10H,2,7,13H2,1H3,(H,14,17)(H,15,16). The Morgan fingerprint density at radius 3 is 2.30 bits per heavy atom. The molecular formula is C12H16N2O5S. The molecule has 0 aliphatic heterocycles. The summed E-state index contributed by atoms with van der Waals surface area (Å²) < 4.78 is 23.2. The molecule has 1 atom stereocenters. The Hall–Kier alpha value is -1.93. The SMILES string of the molecule is CCS(=O)(=O)c1ccc(NC(=O)C(N)CC(=O)O)cc1. The van der Waals surface area contributed by atoms with Gasteiger partial charge in [-0.25, -0.2) is 8.42 Å². The number of amides is 1. The van der Waals surface area contributed by atoms with Gasteiger partial charge >= 0.3 is 5.97 Å². The second-order valence-corrected chi connectivity index (χ2v) is 6.40. The first-order valence-electron chi connectivity index (χ1n) is 5.87. The number of benzene rings is 1. The van der Waals surface area contributed by atoms with Crippen LogP contribution in [0.15, 0.2) is 29.2 Å². The Balaban J connectivity index is 2.76. The largest absolute Gasteiger partial charge is 0.481 e. The van der Waals surface area contributed by atoms with Crippen molar-refractivity contribution in [3.05, 3.63) is 24.3 Å². The molecule has 1 aromatic carbocycles. The maximum absolute atomic E-state index is 11.6. The number of rotatable bonds is 6. The third-order valence-electron chi connectivity index (χ3n) is 2.59. The highest BCUT2D eigenvalue weighted by Gasteiger charge is 2.17.